The molecule has 148 valence electrons. The van der Waals surface area contributed by atoms with Gasteiger partial charge in [0.05, 0.1) is 12.7 Å². The second-order valence-electron chi connectivity index (χ2n) is 5.36. The zero-order chi connectivity index (χ0) is 21.2. The zero-order valence-electron chi connectivity index (χ0n) is 14.3. The Bertz CT molecular complexity index is 969. The first-order chi connectivity index (χ1) is 13.1. The number of nitrogens with one attached hydrogen (secondary N) is 2. The molecule has 1 amide bonds. The molecule has 6 nitrogen and oxygen atoms in total. The van der Waals surface area contributed by atoms with Gasteiger partial charge < -0.3 is 15.2 Å². The number of methoxy groups -OCH3 is 1. The lowest BCUT2D eigenvalue weighted by molar-refractivity contribution is 0.0696. The molecule has 0 radical (unpaired) electrons. The average Bonchev–Trinajstić information content (AvgIpc) is 2.62. The van der Waals surface area contributed by atoms with Gasteiger partial charge in [-0.05, 0) is 36.8 Å². The van der Waals surface area contributed by atoms with Crippen LogP contribution in [0, 0.1) is 30.2 Å². The largest absolute Gasteiger partial charge is 0.491 e. The van der Waals surface area contributed by atoms with Gasteiger partial charge in [0.2, 0.25) is 11.6 Å². The molecule has 2 rings (SSSR count). The summed E-state index contributed by atoms with van der Waals surface area (Å²) in [7, 11) is 0.798. The van der Waals surface area contributed by atoms with Gasteiger partial charge in [0.15, 0.2) is 22.5 Å². The Morgan fingerprint density at radius 3 is 2.14 bits per heavy atom. The summed E-state index contributed by atoms with van der Waals surface area (Å²) in [6.07, 6.45) is 0. The quantitative estimate of drug-likeness (QED) is 0.402. The fraction of sp³-hybridized carbons (Fsp3) is 0.118. The van der Waals surface area contributed by atoms with Crippen LogP contribution < -0.4 is 15.4 Å². The maximum atomic E-state index is 14.0. The maximum absolute atomic E-state index is 14.0. The normalized spacial score (nSPS) is 10.4. The summed E-state index contributed by atoms with van der Waals surface area (Å²) in [4.78, 5) is 23.2. The Morgan fingerprint density at radius 2 is 1.64 bits per heavy atom. The van der Waals surface area contributed by atoms with Gasteiger partial charge in [0, 0.05) is 5.69 Å². The van der Waals surface area contributed by atoms with Crippen molar-refractivity contribution in [3.63, 3.8) is 0 Å². The van der Waals surface area contributed by atoms with Crippen molar-refractivity contribution in [2.75, 3.05) is 12.4 Å². The first-order valence-corrected chi connectivity index (χ1v) is 7.86. The number of thiocarbonyl (C=S) groups is 1. The minimum atomic E-state index is -1.96. The van der Waals surface area contributed by atoms with E-state index < -0.39 is 51.6 Å². The topological polar surface area (TPSA) is 87.7 Å². The van der Waals surface area contributed by atoms with Crippen LogP contribution in [0.5, 0.6) is 5.75 Å². The monoisotopic (exact) mass is 416 g/mol. The first kappa shape index (κ1) is 21.1. The summed E-state index contributed by atoms with van der Waals surface area (Å²) in [5.74, 6) is -11.7. The Labute approximate surface area is 161 Å². The molecule has 0 bridgehead atoms. The number of rotatable bonds is 4. The molecule has 28 heavy (non-hydrogen) atoms. The molecule has 0 saturated carbocycles. The summed E-state index contributed by atoms with van der Waals surface area (Å²) < 4.78 is 59.6. The smallest absolute Gasteiger partial charge is 0.336 e. The highest BCUT2D eigenvalue weighted by Crippen LogP contribution is 2.29. The number of carbonyl (C=O) groups is 2. The van der Waals surface area contributed by atoms with Crippen molar-refractivity contribution in [1.82, 2.24) is 5.32 Å². The molecule has 0 unspecified atom stereocenters. The molecule has 0 aliphatic heterocycles. The van der Waals surface area contributed by atoms with Crippen LogP contribution in [0.4, 0.5) is 23.2 Å². The fourth-order valence-electron chi connectivity index (χ4n) is 2.31. The molecule has 0 fully saturated rings. The second kappa shape index (κ2) is 8.21. The molecular weight excluding hydrogens is 404 g/mol. The summed E-state index contributed by atoms with van der Waals surface area (Å²) in [6.45, 7) is 1.46. The van der Waals surface area contributed by atoms with Crippen LogP contribution in [-0.4, -0.2) is 29.2 Å². The van der Waals surface area contributed by atoms with E-state index in [9.17, 15) is 27.2 Å². The van der Waals surface area contributed by atoms with Crippen molar-refractivity contribution in [1.29, 1.82) is 0 Å². The van der Waals surface area contributed by atoms with Gasteiger partial charge in [0.25, 0.3) is 5.91 Å². The van der Waals surface area contributed by atoms with Gasteiger partial charge in [0.1, 0.15) is 5.56 Å². The Morgan fingerprint density at radius 1 is 1.07 bits per heavy atom. The van der Waals surface area contributed by atoms with Crippen molar-refractivity contribution in [2.45, 2.75) is 6.92 Å². The SMILES string of the molecule is COc1c(F)c(F)c(C(=O)NC(=S)Nc2cccc(C(=O)O)c2C)c(F)c1F. The maximum Gasteiger partial charge on any atom is 0.336 e. The molecule has 3 N–H and O–H groups in total. The van der Waals surface area contributed by atoms with Crippen molar-refractivity contribution in [3.05, 3.63) is 58.2 Å². The molecule has 2 aromatic rings. The van der Waals surface area contributed by atoms with Gasteiger partial charge >= 0.3 is 5.97 Å². The predicted molar refractivity (Wildman–Crippen MR) is 94.7 cm³/mol. The van der Waals surface area contributed by atoms with Crippen LogP contribution in [-0.2, 0) is 0 Å². The Balaban J connectivity index is 2.29. The lowest BCUT2D eigenvalue weighted by atomic mass is 10.1. The molecule has 0 saturated heterocycles. The highest BCUT2D eigenvalue weighted by atomic mass is 32.1. The summed E-state index contributed by atoms with van der Waals surface area (Å²) in [5, 5.41) is 12.9. The van der Waals surface area contributed by atoms with Crippen LogP contribution in [0.2, 0.25) is 0 Å². The van der Waals surface area contributed by atoms with Gasteiger partial charge in [-0.25, -0.2) is 13.6 Å². The number of hydrogen-bond donors (Lipinski definition) is 3. The Hall–Kier alpha value is -3.21. The van der Waals surface area contributed by atoms with Crippen molar-refractivity contribution in [3.8, 4) is 5.75 Å². The first-order valence-electron chi connectivity index (χ1n) is 7.45. The van der Waals surface area contributed by atoms with Crippen molar-refractivity contribution >= 4 is 34.9 Å². The second-order valence-corrected chi connectivity index (χ2v) is 5.76. The van der Waals surface area contributed by atoms with Gasteiger partial charge in [-0.15, -0.1) is 0 Å². The van der Waals surface area contributed by atoms with Gasteiger partial charge in [-0.1, -0.05) is 6.07 Å². The third-order valence-electron chi connectivity index (χ3n) is 3.69. The number of carboxylic acid groups (broad SMARTS) is 1. The zero-order valence-corrected chi connectivity index (χ0v) is 15.1. The lowest BCUT2D eigenvalue weighted by Gasteiger charge is -2.14. The summed E-state index contributed by atoms with van der Waals surface area (Å²) in [6, 6.07) is 4.17. The molecule has 0 spiro atoms. The van der Waals surface area contributed by atoms with E-state index in [0.717, 1.165) is 7.11 Å². The van der Waals surface area contributed by atoms with E-state index in [1.54, 1.807) is 0 Å². The van der Waals surface area contributed by atoms with Crippen LogP contribution in [0.1, 0.15) is 26.3 Å². The number of carboxylic acids is 1. The third kappa shape index (κ3) is 3.88. The van der Waals surface area contributed by atoms with Crippen molar-refractivity contribution < 1.29 is 37.0 Å². The van der Waals surface area contributed by atoms with E-state index >= 15 is 0 Å². The number of hydrogen-bond acceptors (Lipinski definition) is 4. The van der Waals surface area contributed by atoms with Crippen LogP contribution in [0.15, 0.2) is 18.2 Å². The van der Waals surface area contributed by atoms with Crippen LogP contribution in [0.25, 0.3) is 0 Å². The van der Waals surface area contributed by atoms with E-state index in [1.807, 2.05) is 5.32 Å². The summed E-state index contributed by atoms with van der Waals surface area (Å²) in [5.41, 5.74) is -1.12. The minimum absolute atomic E-state index is 0.0458. The summed E-state index contributed by atoms with van der Waals surface area (Å²) >= 11 is 4.83. The molecule has 0 heterocycles. The number of benzene rings is 2. The lowest BCUT2D eigenvalue weighted by Crippen LogP contribution is -2.36. The van der Waals surface area contributed by atoms with Crippen molar-refractivity contribution in [2.24, 2.45) is 0 Å². The number of amides is 1. The third-order valence-corrected chi connectivity index (χ3v) is 3.90. The highest BCUT2D eigenvalue weighted by molar-refractivity contribution is 7.80. The van der Waals surface area contributed by atoms with Gasteiger partial charge in [-0.3, -0.25) is 10.1 Å². The number of carbonyl (C=O) groups excluding carboxylic acids is 1. The van der Waals surface area contributed by atoms with E-state index in [1.165, 1.54) is 25.1 Å². The van der Waals surface area contributed by atoms with Crippen LogP contribution in [0.3, 0.4) is 0 Å². The van der Waals surface area contributed by atoms with E-state index in [2.05, 4.69) is 10.1 Å². The average molecular weight is 416 g/mol. The minimum Gasteiger partial charge on any atom is -0.491 e. The van der Waals surface area contributed by atoms with Gasteiger partial charge in [-0.2, -0.15) is 8.78 Å². The number of ether oxygens (including phenoxy) is 1. The Kier molecular flexibility index (Phi) is 6.19. The molecule has 0 aliphatic carbocycles. The molecule has 11 heteroatoms. The number of halogens is 4. The van der Waals surface area contributed by atoms with E-state index in [-0.39, 0.29) is 16.8 Å². The fourth-order valence-corrected chi connectivity index (χ4v) is 2.51. The van der Waals surface area contributed by atoms with E-state index in [0.29, 0.717) is 0 Å². The molecule has 2 aromatic carbocycles. The molecule has 0 aromatic heterocycles. The molecular formula is C17H12F4N2O4S. The molecule has 0 atom stereocenters. The predicted octanol–water partition coefficient (Wildman–Crippen LogP) is 3.39. The highest BCUT2D eigenvalue weighted by Gasteiger charge is 2.30. The van der Waals surface area contributed by atoms with Crippen LogP contribution >= 0.6 is 12.2 Å². The van der Waals surface area contributed by atoms with E-state index in [4.69, 9.17) is 17.3 Å². The standard InChI is InChI=1S/C17H12F4N2O4S/c1-6-7(16(25)26)4-3-5-8(6)22-17(28)23-15(24)9-10(18)12(20)14(27-2)13(21)11(9)19/h3-5H,1-2H3,(H,25,26)(H2,22,23,24,28). The molecule has 0 aliphatic rings. The number of anilines is 1. The number of aromatic carboxylic acids is 1.